The monoisotopic (exact) mass is 413 g/mol. The van der Waals surface area contributed by atoms with Crippen LogP contribution >= 0.6 is 11.6 Å². The molecule has 1 aromatic heterocycles. The highest BCUT2D eigenvalue weighted by molar-refractivity contribution is 6.30. The zero-order valence-electron chi connectivity index (χ0n) is 17.5. The number of hydrogen-bond acceptors (Lipinski definition) is 4. The van der Waals surface area contributed by atoms with E-state index in [9.17, 15) is 10.1 Å². The van der Waals surface area contributed by atoms with Crippen molar-refractivity contribution < 1.29 is 4.79 Å². The lowest BCUT2D eigenvalue weighted by atomic mass is 10.0. The SMILES string of the molecule is Cc1nn(-c2ccc(Cl)cc2)c(C)c1CC(=O)N1CCN(C(C#N)C(C)C)CC1. The number of aromatic nitrogens is 2. The van der Waals surface area contributed by atoms with Gasteiger partial charge in [-0.2, -0.15) is 10.4 Å². The van der Waals surface area contributed by atoms with E-state index in [0.29, 0.717) is 24.5 Å². The minimum atomic E-state index is -0.0886. The van der Waals surface area contributed by atoms with Crippen LogP contribution in [-0.4, -0.2) is 57.7 Å². The van der Waals surface area contributed by atoms with Crippen molar-refractivity contribution in [3.8, 4) is 11.8 Å². The highest BCUT2D eigenvalue weighted by Crippen LogP contribution is 2.21. The van der Waals surface area contributed by atoms with E-state index in [0.717, 1.165) is 35.7 Å². The van der Waals surface area contributed by atoms with Gasteiger partial charge in [0.25, 0.3) is 0 Å². The van der Waals surface area contributed by atoms with Gasteiger partial charge < -0.3 is 4.90 Å². The van der Waals surface area contributed by atoms with Crippen LogP contribution in [0.15, 0.2) is 24.3 Å². The molecule has 0 spiro atoms. The van der Waals surface area contributed by atoms with Gasteiger partial charge in [0.1, 0.15) is 6.04 Å². The maximum Gasteiger partial charge on any atom is 0.227 e. The first kappa shape index (κ1) is 21.4. The topological polar surface area (TPSA) is 65.2 Å². The molecule has 0 N–H and O–H groups in total. The van der Waals surface area contributed by atoms with E-state index in [-0.39, 0.29) is 17.9 Å². The number of aryl methyl sites for hydroxylation is 1. The number of carbonyl (C=O) groups is 1. The number of carbonyl (C=O) groups excluding carboxylic acids is 1. The van der Waals surface area contributed by atoms with Crippen molar-refractivity contribution in [1.29, 1.82) is 5.26 Å². The lowest BCUT2D eigenvalue weighted by Gasteiger charge is -2.38. The maximum absolute atomic E-state index is 12.9. The summed E-state index contributed by atoms with van der Waals surface area (Å²) in [5.41, 5.74) is 3.75. The standard InChI is InChI=1S/C22H28ClN5O/c1-15(2)21(14-24)26-9-11-27(12-10-26)22(29)13-20-16(3)25-28(17(20)4)19-7-5-18(23)6-8-19/h5-8,15,21H,9-13H2,1-4H3. The molecule has 1 amide bonds. The molecule has 154 valence electrons. The third-order valence-corrected chi connectivity index (χ3v) is 5.92. The summed E-state index contributed by atoms with van der Waals surface area (Å²) in [7, 11) is 0. The molecule has 1 unspecified atom stereocenters. The van der Waals surface area contributed by atoms with Crippen LogP contribution in [0, 0.1) is 31.1 Å². The quantitative estimate of drug-likeness (QED) is 0.753. The van der Waals surface area contributed by atoms with Crippen LogP contribution in [-0.2, 0) is 11.2 Å². The van der Waals surface area contributed by atoms with Crippen molar-refractivity contribution in [2.45, 2.75) is 40.2 Å². The fraction of sp³-hybridized carbons (Fsp3) is 0.500. The van der Waals surface area contributed by atoms with Gasteiger partial charge in [0.15, 0.2) is 0 Å². The number of piperazine rings is 1. The van der Waals surface area contributed by atoms with E-state index < -0.39 is 0 Å². The Hall–Kier alpha value is -2.36. The molecule has 7 heteroatoms. The summed E-state index contributed by atoms with van der Waals surface area (Å²) in [5.74, 6) is 0.399. The molecule has 3 rings (SSSR count). The summed E-state index contributed by atoms with van der Waals surface area (Å²) in [4.78, 5) is 17.0. The third kappa shape index (κ3) is 4.63. The van der Waals surface area contributed by atoms with Gasteiger partial charge in [0.2, 0.25) is 5.91 Å². The van der Waals surface area contributed by atoms with Crippen molar-refractivity contribution in [2.75, 3.05) is 26.2 Å². The number of nitriles is 1. The van der Waals surface area contributed by atoms with Crippen molar-refractivity contribution >= 4 is 17.5 Å². The molecule has 1 aliphatic heterocycles. The minimum absolute atomic E-state index is 0.0886. The minimum Gasteiger partial charge on any atom is -0.340 e. The Kier molecular flexibility index (Phi) is 6.61. The Balaban J connectivity index is 1.68. The van der Waals surface area contributed by atoms with Gasteiger partial charge in [-0.25, -0.2) is 4.68 Å². The predicted molar refractivity (Wildman–Crippen MR) is 114 cm³/mol. The molecule has 29 heavy (non-hydrogen) atoms. The highest BCUT2D eigenvalue weighted by atomic mass is 35.5. The summed E-state index contributed by atoms with van der Waals surface area (Å²) >= 11 is 5.99. The number of hydrogen-bond donors (Lipinski definition) is 0. The van der Waals surface area contributed by atoms with Crippen molar-refractivity contribution in [3.63, 3.8) is 0 Å². The molecule has 2 heterocycles. The van der Waals surface area contributed by atoms with Gasteiger partial charge in [0.05, 0.1) is 23.9 Å². The average Bonchev–Trinajstić information content (AvgIpc) is 2.97. The molecule has 2 aromatic rings. The number of benzene rings is 1. The van der Waals surface area contributed by atoms with E-state index in [4.69, 9.17) is 11.6 Å². The highest BCUT2D eigenvalue weighted by Gasteiger charge is 2.28. The Labute approximate surface area is 177 Å². The van der Waals surface area contributed by atoms with Crippen LogP contribution < -0.4 is 0 Å². The molecule has 1 aliphatic rings. The van der Waals surface area contributed by atoms with Crippen LogP contribution in [0.25, 0.3) is 5.69 Å². The van der Waals surface area contributed by atoms with Gasteiger partial charge in [0, 0.05) is 42.5 Å². The molecule has 1 aromatic carbocycles. The Morgan fingerprint density at radius 2 is 1.79 bits per heavy atom. The van der Waals surface area contributed by atoms with Gasteiger partial charge in [-0.3, -0.25) is 9.69 Å². The molecule has 6 nitrogen and oxygen atoms in total. The second kappa shape index (κ2) is 8.98. The summed E-state index contributed by atoms with van der Waals surface area (Å²) in [5, 5.41) is 14.7. The Morgan fingerprint density at radius 1 is 1.17 bits per heavy atom. The van der Waals surface area contributed by atoms with Crippen molar-refractivity contribution in [2.24, 2.45) is 5.92 Å². The van der Waals surface area contributed by atoms with Crippen molar-refractivity contribution in [1.82, 2.24) is 19.6 Å². The molecule has 1 atom stereocenters. The zero-order chi connectivity index (χ0) is 21.1. The molecular weight excluding hydrogens is 386 g/mol. The number of rotatable bonds is 5. The smallest absolute Gasteiger partial charge is 0.227 e. The average molecular weight is 414 g/mol. The van der Waals surface area contributed by atoms with E-state index >= 15 is 0 Å². The fourth-order valence-corrected chi connectivity index (χ4v) is 4.06. The Morgan fingerprint density at radius 3 is 2.34 bits per heavy atom. The number of halogens is 1. The Bertz CT molecular complexity index is 905. The van der Waals surface area contributed by atoms with E-state index in [2.05, 4.69) is 29.9 Å². The normalized spacial score (nSPS) is 16.1. The van der Waals surface area contributed by atoms with Crippen LogP contribution in [0.4, 0.5) is 0 Å². The van der Waals surface area contributed by atoms with Gasteiger partial charge >= 0.3 is 0 Å². The molecule has 0 bridgehead atoms. The molecule has 0 radical (unpaired) electrons. The van der Waals surface area contributed by atoms with Gasteiger partial charge in [-0.05, 0) is 44.0 Å². The largest absolute Gasteiger partial charge is 0.340 e. The van der Waals surface area contributed by atoms with Gasteiger partial charge in [-0.1, -0.05) is 25.4 Å². The lowest BCUT2D eigenvalue weighted by molar-refractivity contribution is -0.132. The van der Waals surface area contributed by atoms with Crippen LogP contribution in [0.1, 0.15) is 30.8 Å². The second-order valence-corrected chi connectivity index (χ2v) is 8.39. The number of nitrogens with zero attached hydrogens (tertiary/aromatic N) is 5. The molecular formula is C22H28ClN5O. The zero-order valence-corrected chi connectivity index (χ0v) is 18.3. The lowest BCUT2D eigenvalue weighted by Crippen LogP contribution is -2.53. The summed E-state index contributed by atoms with van der Waals surface area (Å²) in [6, 6.07) is 9.83. The first-order chi connectivity index (χ1) is 13.8. The summed E-state index contributed by atoms with van der Waals surface area (Å²) < 4.78 is 1.87. The first-order valence-electron chi connectivity index (χ1n) is 10.0. The van der Waals surface area contributed by atoms with E-state index in [1.54, 1.807) is 0 Å². The fourth-order valence-electron chi connectivity index (χ4n) is 3.93. The molecule has 1 saturated heterocycles. The second-order valence-electron chi connectivity index (χ2n) is 7.95. The molecule has 0 aliphatic carbocycles. The molecule has 0 saturated carbocycles. The van der Waals surface area contributed by atoms with Crippen LogP contribution in [0.3, 0.4) is 0 Å². The van der Waals surface area contributed by atoms with E-state index in [1.165, 1.54) is 0 Å². The maximum atomic E-state index is 12.9. The molecule has 1 fully saturated rings. The first-order valence-corrected chi connectivity index (χ1v) is 10.4. The number of amides is 1. The van der Waals surface area contributed by atoms with Crippen LogP contribution in [0.2, 0.25) is 5.02 Å². The predicted octanol–water partition coefficient (Wildman–Crippen LogP) is 3.38. The van der Waals surface area contributed by atoms with Crippen LogP contribution in [0.5, 0.6) is 0 Å². The van der Waals surface area contributed by atoms with E-state index in [1.807, 2.05) is 47.7 Å². The third-order valence-electron chi connectivity index (χ3n) is 5.66. The van der Waals surface area contributed by atoms with Gasteiger partial charge in [-0.15, -0.1) is 0 Å². The summed E-state index contributed by atoms with van der Waals surface area (Å²) in [6.45, 7) is 10.9. The summed E-state index contributed by atoms with van der Waals surface area (Å²) in [6.07, 6.45) is 0.344. The van der Waals surface area contributed by atoms with Crippen molar-refractivity contribution in [3.05, 3.63) is 46.2 Å².